The molecule has 0 aliphatic heterocycles. The van der Waals surface area contributed by atoms with Crippen molar-refractivity contribution < 1.29 is 14.3 Å². The number of ether oxygens (including phenoxy) is 1. The van der Waals surface area contributed by atoms with Crippen LogP contribution in [-0.4, -0.2) is 35.4 Å². The molecule has 0 radical (unpaired) electrons. The minimum atomic E-state index is -0.638. The largest absolute Gasteiger partial charge is 0.484 e. The molecule has 1 atom stereocenters. The number of amides is 2. The Hall–Kier alpha value is -3.60. The Kier molecular flexibility index (Phi) is 8.77. The predicted octanol–water partition coefficient (Wildman–Crippen LogP) is 5.38. The van der Waals surface area contributed by atoms with Gasteiger partial charge in [-0.3, -0.25) is 9.59 Å². The number of carbonyl (C=O) groups is 2. The molecule has 3 aromatic carbocycles. The number of nitrogens with one attached hydrogen (secondary N) is 1. The topological polar surface area (TPSA) is 58.6 Å². The van der Waals surface area contributed by atoms with Crippen LogP contribution in [0.15, 0.2) is 78.9 Å². The molecule has 1 saturated carbocycles. The van der Waals surface area contributed by atoms with Gasteiger partial charge in [0.2, 0.25) is 5.91 Å². The zero-order valence-electron chi connectivity index (χ0n) is 21.3. The van der Waals surface area contributed by atoms with Crippen molar-refractivity contribution in [1.29, 1.82) is 0 Å². The molecule has 1 fully saturated rings. The first-order chi connectivity index (χ1) is 17.5. The molecule has 1 unspecified atom stereocenters. The average Bonchev–Trinajstić information content (AvgIpc) is 3.39. The highest BCUT2D eigenvalue weighted by Crippen LogP contribution is 2.21. The van der Waals surface area contributed by atoms with Crippen LogP contribution in [0.2, 0.25) is 0 Å². The van der Waals surface area contributed by atoms with Gasteiger partial charge in [-0.05, 0) is 49.4 Å². The van der Waals surface area contributed by atoms with E-state index >= 15 is 0 Å². The summed E-state index contributed by atoms with van der Waals surface area (Å²) in [5.74, 6) is 0.376. The summed E-state index contributed by atoms with van der Waals surface area (Å²) in [5, 5.41) is 3.24. The SMILES string of the molecule is Cc1cccc(CN(C(=O)COc2ccccc2C)C(Cc2ccccc2)C(=O)NC2CCCC2)c1. The highest BCUT2D eigenvalue weighted by molar-refractivity contribution is 5.88. The first-order valence-electron chi connectivity index (χ1n) is 12.9. The van der Waals surface area contributed by atoms with Crippen LogP contribution in [0.3, 0.4) is 0 Å². The molecule has 0 heterocycles. The molecule has 188 valence electrons. The summed E-state index contributed by atoms with van der Waals surface area (Å²) in [4.78, 5) is 29.1. The molecular weight excluding hydrogens is 448 g/mol. The lowest BCUT2D eigenvalue weighted by Crippen LogP contribution is -2.53. The van der Waals surface area contributed by atoms with Crippen LogP contribution < -0.4 is 10.1 Å². The fraction of sp³-hybridized carbons (Fsp3) is 0.355. The summed E-state index contributed by atoms with van der Waals surface area (Å²) < 4.78 is 5.93. The van der Waals surface area contributed by atoms with Crippen LogP contribution in [0.4, 0.5) is 0 Å². The van der Waals surface area contributed by atoms with Crippen molar-refractivity contribution in [3.8, 4) is 5.75 Å². The van der Waals surface area contributed by atoms with Crippen LogP contribution in [0.5, 0.6) is 5.75 Å². The minimum Gasteiger partial charge on any atom is -0.484 e. The highest BCUT2D eigenvalue weighted by atomic mass is 16.5. The lowest BCUT2D eigenvalue weighted by atomic mass is 10.0. The Balaban J connectivity index is 1.62. The summed E-state index contributed by atoms with van der Waals surface area (Å²) in [7, 11) is 0. The van der Waals surface area contributed by atoms with Crippen molar-refractivity contribution in [3.05, 3.63) is 101 Å². The molecule has 0 saturated heterocycles. The lowest BCUT2D eigenvalue weighted by molar-refractivity contribution is -0.143. The fourth-order valence-corrected chi connectivity index (χ4v) is 4.87. The number of hydrogen-bond donors (Lipinski definition) is 1. The van der Waals surface area contributed by atoms with Crippen LogP contribution in [0.1, 0.15) is 47.9 Å². The van der Waals surface area contributed by atoms with E-state index in [1.807, 2.05) is 86.6 Å². The lowest BCUT2D eigenvalue weighted by Gasteiger charge is -2.32. The first-order valence-corrected chi connectivity index (χ1v) is 12.9. The summed E-state index contributed by atoms with van der Waals surface area (Å²) >= 11 is 0. The van der Waals surface area contributed by atoms with Gasteiger partial charge in [0.05, 0.1) is 0 Å². The normalized spacial score (nSPS) is 14.3. The van der Waals surface area contributed by atoms with Gasteiger partial charge in [0.1, 0.15) is 11.8 Å². The van der Waals surface area contributed by atoms with Gasteiger partial charge in [0, 0.05) is 19.0 Å². The maximum atomic E-state index is 13.7. The van der Waals surface area contributed by atoms with E-state index in [0.29, 0.717) is 18.7 Å². The molecule has 0 aromatic heterocycles. The maximum Gasteiger partial charge on any atom is 0.261 e. The summed E-state index contributed by atoms with van der Waals surface area (Å²) in [5.41, 5.74) is 4.10. The Morgan fingerprint density at radius 2 is 1.61 bits per heavy atom. The Morgan fingerprint density at radius 1 is 0.917 bits per heavy atom. The summed E-state index contributed by atoms with van der Waals surface area (Å²) in [6.45, 7) is 4.20. The highest BCUT2D eigenvalue weighted by Gasteiger charge is 2.32. The van der Waals surface area contributed by atoms with E-state index in [2.05, 4.69) is 11.4 Å². The van der Waals surface area contributed by atoms with Gasteiger partial charge >= 0.3 is 0 Å². The van der Waals surface area contributed by atoms with Crippen molar-refractivity contribution >= 4 is 11.8 Å². The van der Waals surface area contributed by atoms with Crippen molar-refractivity contribution in [3.63, 3.8) is 0 Å². The molecule has 36 heavy (non-hydrogen) atoms. The van der Waals surface area contributed by atoms with E-state index in [1.165, 1.54) is 0 Å². The fourth-order valence-electron chi connectivity index (χ4n) is 4.87. The zero-order chi connectivity index (χ0) is 25.3. The zero-order valence-corrected chi connectivity index (χ0v) is 21.3. The smallest absolute Gasteiger partial charge is 0.261 e. The second-order valence-electron chi connectivity index (χ2n) is 9.76. The van der Waals surface area contributed by atoms with E-state index in [9.17, 15) is 9.59 Å². The Labute approximate surface area is 214 Å². The molecule has 3 aromatic rings. The maximum absolute atomic E-state index is 13.7. The average molecular weight is 485 g/mol. The molecule has 4 rings (SSSR count). The van der Waals surface area contributed by atoms with Crippen molar-refractivity contribution in [1.82, 2.24) is 10.2 Å². The first kappa shape index (κ1) is 25.5. The van der Waals surface area contributed by atoms with Gasteiger partial charge in [-0.1, -0.05) is 91.2 Å². The monoisotopic (exact) mass is 484 g/mol. The number of aryl methyl sites for hydroxylation is 2. The third-order valence-corrected chi connectivity index (χ3v) is 6.85. The molecule has 0 spiro atoms. The van der Waals surface area contributed by atoms with Crippen LogP contribution >= 0.6 is 0 Å². The van der Waals surface area contributed by atoms with Gasteiger partial charge < -0.3 is 15.0 Å². The number of nitrogens with zero attached hydrogens (tertiary/aromatic N) is 1. The molecule has 1 N–H and O–H groups in total. The summed E-state index contributed by atoms with van der Waals surface area (Å²) in [6.07, 6.45) is 4.69. The number of para-hydroxylation sites is 1. The number of benzene rings is 3. The van der Waals surface area contributed by atoms with Crippen molar-refractivity contribution in [2.24, 2.45) is 0 Å². The van der Waals surface area contributed by atoms with Gasteiger partial charge in [0.15, 0.2) is 6.61 Å². The van der Waals surface area contributed by atoms with Gasteiger partial charge in [0.25, 0.3) is 5.91 Å². The van der Waals surface area contributed by atoms with Gasteiger partial charge in [-0.15, -0.1) is 0 Å². The second kappa shape index (κ2) is 12.4. The summed E-state index contributed by atoms with van der Waals surface area (Å²) in [6, 6.07) is 25.2. The quantitative estimate of drug-likeness (QED) is 0.420. The molecule has 1 aliphatic rings. The molecular formula is C31H36N2O3. The van der Waals surface area contributed by atoms with E-state index in [4.69, 9.17) is 4.74 Å². The van der Waals surface area contributed by atoms with Crippen LogP contribution in [0, 0.1) is 13.8 Å². The minimum absolute atomic E-state index is 0.0948. The number of hydrogen-bond acceptors (Lipinski definition) is 3. The van der Waals surface area contributed by atoms with Crippen LogP contribution in [-0.2, 0) is 22.6 Å². The number of carbonyl (C=O) groups excluding carboxylic acids is 2. The van der Waals surface area contributed by atoms with Crippen LogP contribution in [0.25, 0.3) is 0 Å². The van der Waals surface area contributed by atoms with Crippen molar-refractivity contribution in [2.75, 3.05) is 6.61 Å². The second-order valence-corrected chi connectivity index (χ2v) is 9.76. The molecule has 5 heteroatoms. The van der Waals surface area contributed by atoms with E-state index in [1.54, 1.807) is 4.90 Å². The molecule has 2 amide bonds. The molecule has 1 aliphatic carbocycles. The molecule has 0 bridgehead atoms. The molecule has 5 nitrogen and oxygen atoms in total. The van der Waals surface area contributed by atoms with E-state index in [0.717, 1.165) is 47.9 Å². The van der Waals surface area contributed by atoms with E-state index < -0.39 is 6.04 Å². The number of rotatable bonds is 10. The Morgan fingerprint density at radius 3 is 2.33 bits per heavy atom. The standard InChI is InChI=1S/C31H36N2O3/c1-23-11-10-15-26(19-23)21-33(30(34)22-36-29-18-9-6-12-24(29)2)28(20-25-13-4-3-5-14-25)31(35)32-27-16-7-8-17-27/h3-6,9-15,18-19,27-28H,7-8,16-17,20-22H2,1-2H3,(H,32,35). The van der Waals surface area contributed by atoms with Gasteiger partial charge in [-0.2, -0.15) is 0 Å². The van der Waals surface area contributed by atoms with Gasteiger partial charge in [-0.25, -0.2) is 0 Å². The van der Waals surface area contributed by atoms with Crippen molar-refractivity contribution in [2.45, 2.75) is 64.6 Å². The van der Waals surface area contributed by atoms with E-state index in [-0.39, 0.29) is 24.5 Å². The third kappa shape index (κ3) is 6.97. The predicted molar refractivity (Wildman–Crippen MR) is 143 cm³/mol. The third-order valence-electron chi connectivity index (χ3n) is 6.85. The Bertz CT molecular complexity index is 1160.